The van der Waals surface area contributed by atoms with Crippen LogP contribution >= 0.6 is 0 Å². The summed E-state index contributed by atoms with van der Waals surface area (Å²) in [6.45, 7) is 3.04. The Bertz CT molecular complexity index is 561. The third-order valence-corrected chi connectivity index (χ3v) is 2.88. The summed E-state index contributed by atoms with van der Waals surface area (Å²) < 4.78 is 0. The molecular weight excluding hydrogens is 228 g/mol. The first-order chi connectivity index (χ1) is 8.60. The molecule has 2 N–H and O–H groups in total. The number of carbonyl (C=O) groups excluding carboxylic acids is 1. The third-order valence-electron chi connectivity index (χ3n) is 2.88. The summed E-state index contributed by atoms with van der Waals surface area (Å²) in [5.41, 5.74) is 3.20. The van der Waals surface area contributed by atoms with Crippen LogP contribution in [0.1, 0.15) is 11.4 Å². The Hall–Kier alpha value is -1.88. The van der Waals surface area contributed by atoms with Crippen LogP contribution in [0.5, 0.6) is 0 Å². The van der Waals surface area contributed by atoms with Crippen molar-refractivity contribution in [3.63, 3.8) is 0 Å². The van der Waals surface area contributed by atoms with E-state index in [1.54, 1.807) is 7.05 Å². The van der Waals surface area contributed by atoms with Crippen molar-refractivity contribution in [3.05, 3.63) is 29.6 Å². The fourth-order valence-corrected chi connectivity index (χ4v) is 1.94. The van der Waals surface area contributed by atoms with E-state index in [0.29, 0.717) is 13.1 Å². The van der Waals surface area contributed by atoms with Crippen LogP contribution in [0.3, 0.4) is 0 Å². The number of aromatic amines is 1. The Morgan fingerprint density at radius 1 is 1.50 bits per heavy atom. The van der Waals surface area contributed by atoms with Gasteiger partial charge >= 0.3 is 0 Å². The molecule has 5 heteroatoms. The van der Waals surface area contributed by atoms with E-state index in [1.807, 2.05) is 37.1 Å². The van der Waals surface area contributed by atoms with Gasteiger partial charge in [0.05, 0.1) is 24.1 Å². The van der Waals surface area contributed by atoms with Gasteiger partial charge in [-0.1, -0.05) is 12.1 Å². The normalized spacial score (nSPS) is 11.1. The van der Waals surface area contributed by atoms with Crippen molar-refractivity contribution in [2.24, 2.45) is 0 Å². The number of nitrogens with zero attached hydrogens (tertiary/aromatic N) is 2. The molecule has 2 rings (SSSR count). The van der Waals surface area contributed by atoms with Crippen molar-refractivity contribution < 1.29 is 4.79 Å². The zero-order valence-electron chi connectivity index (χ0n) is 10.9. The van der Waals surface area contributed by atoms with E-state index in [2.05, 4.69) is 15.3 Å². The molecule has 1 aromatic carbocycles. The van der Waals surface area contributed by atoms with Crippen LogP contribution < -0.4 is 5.32 Å². The van der Waals surface area contributed by atoms with E-state index in [0.717, 1.165) is 22.4 Å². The van der Waals surface area contributed by atoms with Gasteiger partial charge in [0.2, 0.25) is 5.91 Å². The Morgan fingerprint density at radius 3 is 2.94 bits per heavy atom. The Labute approximate surface area is 106 Å². The van der Waals surface area contributed by atoms with Crippen LogP contribution in [-0.4, -0.2) is 41.4 Å². The summed E-state index contributed by atoms with van der Waals surface area (Å²) in [5, 5.41) is 2.61. The second-order valence-electron chi connectivity index (χ2n) is 4.50. The lowest BCUT2D eigenvalue weighted by atomic mass is 10.2. The van der Waals surface area contributed by atoms with Crippen molar-refractivity contribution >= 4 is 16.9 Å². The maximum absolute atomic E-state index is 11.3. The Morgan fingerprint density at radius 2 is 2.28 bits per heavy atom. The first kappa shape index (κ1) is 12.6. The van der Waals surface area contributed by atoms with E-state index in [4.69, 9.17) is 0 Å². The molecule has 0 aliphatic heterocycles. The standard InChI is InChI=1S/C13H18N4O/c1-9-5-4-6-10-13(9)16-11(15-10)7-17(3)8-12(18)14-2/h4-6H,7-8H2,1-3H3,(H,14,18)(H,15,16). The minimum Gasteiger partial charge on any atom is -0.358 e. The number of hydrogen-bond donors (Lipinski definition) is 2. The number of fused-ring (bicyclic) bond motifs is 1. The Kier molecular flexibility index (Phi) is 3.62. The second kappa shape index (κ2) is 5.18. The van der Waals surface area contributed by atoms with Crippen LogP contribution in [0, 0.1) is 6.92 Å². The number of amides is 1. The SMILES string of the molecule is CNC(=O)CN(C)Cc1nc2c(C)cccc2[nH]1. The lowest BCUT2D eigenvalue weighted by Gasteiger charge is -2.13. The highest BCUT2D eigenvalue weighted by molar-refractivity contribution is 5.79. The number of rotatable bonds is 4. The predicted octanol–water partition coefficient (Wildman–Crippen LogP) is 1.05. The fraction of sp³-hybridized carbons (Fsp3) is 0.385. The van der Waals surface area contributed by atoms with Crippen molar-refractivity contribution in [2.45, 2.75) is 13.5 Å². The Balaban J connectivity index is 2.12. The molecule has 2 aromatic rings. The average molecular weight is 246 g/mol. The smallest absolute Gasteiger partial charge is 0.233 e. The van der Waals surface area contributed by atoms with Gasteiger partial charge in [-0.25, -0.2) is 4.98 Å². The van der Waals surface area contributed by atoms with Crippen LogP contribution in [0.4, 0.5) is 0 Å². The molecular formula is C13H18N4O. The second-order valence-corrected chi connectivity index (χ2v) is 4.50. The molecule has 0 saturated heterocycles. The molecule has 96 valence electrons. The van der Waals surface area contributed by atoms with Gasteiger partial charge in [-0.2, -0.15) is 0 Å². The molecule has 0 aliphatic carbocycles. The molecule has 1 heterocycles. The first-order valence-corrected chi connectivity index (χ1v) is 5.93. The van der Waals surface area contributed by atoms with Gasteiger partial charge in [0.15, 0.2) is 0 Å². The molecule has 0 aliphatic rings. The van der Waals surface area contributed by atoms with E-state index in [9.17, 15) is 4.79 Å². The largest absolute Gasteiger partial charge is 0.358 e. The van der Waals surface area contributed by atoms with Crippen LogP contribution in [-0.2, 0) is 11.3 Å². The molecule has 1 amide bonds. The zero-order valence-corrected chi connectivity index (χ0v) is 10.9. The van der Waals surface area contributed by atoms with Crippen molar-refractivity contribution in [1.29, 1.82) is 0 Å². The highest BCUT2D eigenvalue weighted by atomic mass is 16.1. The van der Waals surface area contributed by atoms with Crippen molar-refractivity contribution in [1.82, 2.24) is 20.2 Å². The zero-order chi connectivity index (χ0) is 13.1. The van der Waals surface area contributed by atoms with E-state index in [-0.39, 0.29) is 5.91 Å². The number of nitrogens with one attached hydrogen (secondary N) is 2. The number of H-pyrrole nitrogens is 1. The number of likely N-dealkylation sites (N-methyl/N-ethyl adjacent to an activating group) is 2. The topological polar surface area (TPSA) is 61.0 Å². The van der Waals surface area contributed by atoms with Gasteiger partial charge in [-0.15, -0.1) is 0 Å². The van der Waals surface area contributed by atoms with Crippen LogP contribution in [0.2, 0.25) is 0 Å². The number of aromatic nitrogens is 2. The number of carbonyl (C=O) groups is 1. The van der Waals surface area contributed by atoms with Crippen LogP contribution in [0.25, 0.3) is 11.0 Å². The van der Waals surface area contributed by atoms with Crippen LogP contribution in [0.15, 0.2) is 18.2 Å². The highest BCUT2D eigenvalue weighted by Gasteiger charge is 2.09. The predicted molar refractivity (Wildman–Crippen MR) is 71.2 cm³/mol. The average Bonchev–Trinajstić information content (AvgIpc) is 2.72. The molecule has 0 fully saturated rings. The molecule has 0 spiro atoms. The molecule has 0 unspecified atom stereocenters. The quantitative estimate of drug-likeness (QED) is 0.847. The summed E-state index contributed by atoms with van der Waals surface area (Å²) in [6.07, 6.45) is 0. The molecule has 0 radical (unpaired) electrons. The third kappa shape index (κ3) is 2.68. The number of para-hydroxylation sites is 1. The molecule has 1 aromatic heterocycles. The molecule has 0 saturated carbocycles. The van der Waals surface area contributed by atoms with E-state index in [1.165, 1.54) is 0 Å². The number of aryl methyl sites for hydroxylation is 1. The maximum Gasteiger partial charge on any atom is 0.233 e. The summed E-state index contributed by atoms with van der Waals surface area (Å²) in [5.74, 6) is 0.885. The van der Waals surface area contributed by atoms with Gasteiger partial charge in [-0.3, -0.25) is 9.69 Å². The minimum absolute atomic E-state index is 0.00444. The van der Waals surface area contributed by atoms with Crippen molar-refractivity contribution in [2.75, 3.05) is 20.6 Å². The van der Waals surface area contributed by atoms with Gasteiger partial charge in [0.1, 0.15) is 5.82 Å². The molecule has 5 nitrogen and oxygen atoms in total. The van der Waals surface area contributed by atoms with Gasteiger partial charge in [0, 0.05) is 7.05 Å². The molecule has 0 bridgehead atoms. The summed E-state index contributed by atoms with van der Waals surface area (Å²) >= 11 is 0. The lowest BCUT2D eigenvalue weighted by Crippen LogP contribution is -2.32. The summed E-state index contributed by atoms with van der Waals surface area (Å²) in [4.78, 5) is 21.0. The number of hydrogen-bond acceptors (Lipinski definition) is 3. The van der Waals surface area contributed by atoms with E-state index >= 15 is 0 Å². The number of imidazole rings is 1. The maximum atomic E-state index is 11.3. The lowest BCUT2D eigenvalue weighted by molar-refractivity contribution is -0.121. The monoisotopic (exact) mass is 246 g/mol. The summed E-state index contributed by atoms with van der Waals surface area (Å²) in [7, 11) is 3.54. The number of benzene rings is 1. The molecule has 0 atom stereocenters. The van der Waals surface area contributed by atoms with Gasteiger partial charge in [0.25, 0.3) is 0 Å². The fourth-order valence-electron chi connectivity index (χ4n) is 1.94. The molecule has 18 heavy (non-hydrogen) atoms. The van der Waals surface area contributed by atoms with Gasteiger partial charge < -0.3 is 10.3 Å². The summed E-state index contributed by atoms with van der Waals surface area (Å²) in [6, 6.07) is 6.06. The van der Waals surface area contributed by atoms with E-state index < -0.39 is 0 Å². The first-order valence-electron chi connectivity index (χ1n) is 5.93. The minimum atomic E-state index is 0.00444. The van der Waals surface area contributed by atoms with Crippen molar-refractivity contribution in [3.8, 4) is 0 Å². The van der Waals surface area contributed by atoms with Gasteiger partial charge in [-0.05, 0) is 25.6 Å². The highest BCUT2D eigenvalue weighted by Crippen LogP contribution is 2.15.